The number of amides is 2. The zero-order valence-corrected chi connectivity index (χ0v) is 13.2. The third-order valence-corrected chi connectivity index (χ3v) is 4.01. The summed E-state index contributed by atoms with van der Waals surface area (Å²) >= 11 is 0. The predicted octanol–water partition coefficient (Wildman–Crippen LogP) is 0.238. The van der Waals surface area contributed by atoms with E-state index >= 15 is 0 Å². The van der Waals surface area contributed by atoms with E-state index in [0.29, 0.717) is 19.5 Å². The van der Waals surface area contributed by atoms with Crippen molar-refractivity contribution < 1.29 is 14.3 Å². The summed E-state index contributed by atoms with van der Waals surface area (Å²) in [7, 11) is 1.62. The highest BCUT2D eigenvalue weighted by Crippen LogP contribution is 2.22. The second kappa shape index (κ2) is 7.07. The topological polar surface area (TPSA) is 113 Å². The van der Waals surface area contributed by atoms with Gasteiger partial charge in [-0.2, -0.15) is 5.21 Å². The van der Waals surface area contributed by atoms with E-state index in [1.165, 1.54) is 0 Å². The van der Waals surface area contributed by atoms with E-state index in [1.807, 2.05) is 24.3 Å². The molecule has 1 saturated heterocycles. The highest BCUT2D eigenvalue weighted by Gasteiger charge is 2.34. The number of hydrogen-bond acceptors (Lipinski definition) is 6. The van der Waals surface area contributed by atoms with Gasteiger partial charge in [-0.25, -0.2) is 0 Å². The number of nitrogens with zero attached hydrogens (tertiary/aromatic N) is 4. The standard InChI is InChI=1S/C15H18N6O3/c1-24-12-5-3-2-4-10(12)6-7-21-9-11(8-13(21)22)14(23)16-15-17-19-20-18-15/h2-5,11H,6-9H2,1H3,(H2,16,17,18,19,20,23). The highest BCUT2D eigenvalue weighted by molar-refractivity contribution is 5.96. The maximum atomic E-state index is 12.1. The Bertz CT molecular complexity index is 718. The van der Waals surface area contributed by atoms with Gasteiger partial charge in [0.05, 0.1) is 13.0 Å². The number of rotatable bonds is 6. The minimum Gasteiger partial charge on any atom is -0.496 e. The number of benzene rings is 1. The number of likely N-dealkylation sites (tertiary alicyclic amines) is 1. The lowest BCUT2D eigenvalue weighted by atomic mass is 10.1. The lowest BCUT2D eigenvalue weighted by Gasteiger charge is -2.17. The Kier molecular flexibility index (Phi) is 4.69. The molecule has 1 aromatic heterocycles. The zero-order valence-electron chi connectivity index (χ0n) is 13.2. The van der Waals surface area contributed by atoms with Crippen molar-refractivity contribution in [2.24, 2.45) is 5.92 Å². The Hall–Kier alpha value is -2.97. The summed E-state index contributed by atoms with van der Waals surface area (Å²) in [6, 6.07) is 7.70. The molecule has 0 aliphatic carbocycles. The number of carbonyl (C=O) groups excluding carboxylic acids is 2. The van der Waals surface area contributed by atoms with Crippen molar-refractivity contribution in [2.75, 3.05) is 25.5 Å². The SMILES string of the molecule is COc1ccccc1CCN1CC(C(=O)Nc2nn[nH]n2)CC1=O. The molecule has 2 amide bonds. The van der Waals surface area contributed by atoms with E-state index in [4.69, 9.17) is 4.74 Å². The van der Waals surface area contributed by atoms with Crippen LogP contribution in [0.3, 0.4) is 0 Å². The van der Waals surface area contributed by atoms with Crippen molar-refractivity contribution in [3.05, 3.63) is 29.8 Å². The van der Waals surface area contributed by atoms with E-state index < -0.39 is 5.92 Å². The minimum atomic E-state index is -0.409. The third-order valence-electron chi connectivity index (χ3n) is 4.01. The molecular weight excluding hydrogens is 312 g/mol. The monoisotopic (exact) mass is 330 g/mol. The van der Waals surface area contributed by atoms with Gasteiger partial charge >= 0.3 is 0 Å². The Labute approximate surface area is 138 Å². The molecule has 1 aliphatic rings. The lowest BCUT2D eigenvalue weighted by Crippen LogP contribution is -2.30. The van der Waals surface area contributed by atoms with Crippen molar-refractivity contribution in [3.8, 4) is 5.75 Å². The van der Waals surface area contributed by atoms with Gasteiger partial charge in [0.1, 0.15) is 5.75 Å². The summed E-state index contributed by atoms with van der Waals surface area (Å²) < 4.78 is 5.32. The van der Waals surface area contributed by atoms with E-state index in [-0.39, 0.29) is 24.2 Å². The van der Waals surface area contributed by atoms with E-state index in [1.54, 1.807) is 12.0 Å². The zero-order chi connectivity index (χ0) is 16.9. The van der Waals surface area contributed by atoms with Gasteiger partial charge in [-0.15, -0.1) is 5.10 Å². The molecule has 24 heavy (non-hydrogen) atoms. The van der Waals surface area contributed by atoms with E-state index in [9.17, 15) is 9.59 Å². The molecule has 9 nitrogen and oxygen atoms in total. The molecule has 0 saturated carbocycles. The number of ether oxygens (including phenoxy) is 1. The first-order chi connectivity index (χ1) is 11.7. The molecule has 2 heterocycles. The molecule has 2 aromatic rings. The molecule has 1 atom stereocenters. The van der Waals surface area contributed by atoms with Crippen LogP contribution in [0.1, 0.15) is 12.0 Å². The summed E-state index contributed by atoms with van der Waals surface area (Å²) in [5.74, 6) is 0.201. The van der Waals surface area contributed by atoms with Crippen LogP contribution in [-0.4, -0.2) is 57.5 Å². The smallest absolute Gasteiger partial charge is 0.269 e. The molecule has 9 heteroatoms. The molecule has 0 radical (unpaired) electrons. The number of tetrazole rings is 1. The van der Waals surface area contributed by atoms with Crippen LogP contribution in [0, 0.1) is 5.92 Å². The molecular formula is C15H18N6O3. The molecule has 2 N–H and O–H groups in total. The van der Waals surface area contributed by atoms with Crippen LogP contribution >= 0.6 is 0 Å². The molecule has 1 aromatic carbocycles. The fourth-order valence-corrected chi connectivity index (χ4v) is 2.76. The van der Waals surface area contributed by atoms with Crippen molar-refractivity contribution in [2.45, 2.75) is 12.8 Å². The number of hydrogen-bond donors (Lipinski definition) is 2. The minimum absolute atomic E-state index is 0.0295. The normalized spacial score (nSPS) is 17.1. The van der Waals surface area contributed by atoms with Crippen molar-refractivity contribution in [1.82, 2.24) is 25.5 Å². The Morgan fingerprint density at radius 2 is 2.29 bits per heavy atom. The van der Waals surface area contributed by atoms with E-state index in [0.717, 1.165) is 11.3 Å². The summed E-state index contributed by atoms with van der Waals surface area (Å²) in [4.78, 5) is 26.0. The van der Waals surface area contributed by atoms with Gasteiger partial charge in [0, 0.05) is 19.5 Å². The average molecular weight is 330 g/mol. The Morgan fingerprint density at radius 3 is 3.04 bits per heavy atom. The predicted molar refractivity (Wildman–Crippen MR) is 84.2 cm³/mol. The maximum absolute atomic E-state index is 12.1. The molecule has 1 aliphatic heterocycles. The number of anilines is 1. The number of nitrogens with one attached hydrogen (secondary N) is 2. The first-order valence-corrected chi connectivity index (χ1v) is 7.61. The fraction of sp³-hybridized carbons (Fsp3) is 0.400. The summed E-state index contributed by atoms with van der Waals surface area (Å²) in [5, 5.41) is 15.5. The van der Waals surface area contributed by atoms with Gasteiger partial charge in [0.15, 0.2) is 0 Å². The Morgan fingerprint density at radius 1 is 1.46 bits per heavy atom. The Balaban J connectivity index is 1.56. The second-order valence-electron chi connectivity index (χ2n) is 5.53. The number of H-pyrrole nitrogens is 1. The molecule has 0 bridgehead atoms. The fourth-order valence-electron chi connectivity index (χ4n) is 2.76. The average Bonchev–Trinajstić information content (AvgIpc) is 3.23. The molecule has 126 valence electrons. The van der Waals surface area contributed by atoms with Crippen LogP contribution in [0.15, 0.2) is 24.3 Å². The lowest BCUT2D eigenvalue weighted by molar-refractivity contribution is -0.128. The van der Waals surface area contributed by atoms with Gasteiger partial charge in [-0.3, -0.25) is 14.9 Å². The van der Waals surface area contributed by atoms with Gasteiger partial charge < -0.3 is 9.64 Å². The van der Waals surface area contributed by atoms with Gasteiger partial charge in [0.25, 0.3) is 5.95 Å². The number of aromatic nitrogens is 4. The number of carbonyl (C=O) groups is 2. The van der Waals surface area contributed by atoms with Crippen LogP contribution in [0.4, 0.5) is 5.95 Å². The summed E-state index contributed by atoms with van der Waals surface area (Å²) in [6.45, 7) is 0.933. The van der Waals surface area contributed by atoms with Crippen LogP contribution in [-0.2, 0) is 16.0 Å². The largest absolute Gasteiger partial charge is 0.496 e. The molecule has 1 unspecified atom stereocenters. The molecule has 3 rings (SSSR count). The summed E-state index contributed by atoms with van der Waals surface area (Å²) in [6.07, 6.45) is 0.866. The van der Waals surface area contributed by atoms with Crippen molar-refractivity contribution in [3.63, 3.8) is 0 Å². The first-order valence-electron chi connectivity index (χ1n) is 7.61. The van der Waals surface area contributed by atoms with Crippen LogP contribution in [0.25, 0.3) is 0 Å². The first kappa shape index (κ1) is 15.9. The molecule has 0 spiro atoms. The molecule has 1 fully saturated rings. The van der Waals surface area contributed by atoms with Gasteiger partial charge in [0.2, 0.25) is 11.8 Å². The maximum Gasteiger partial charge on any atom is 0.269 e. The van der Waals surface area contributed by atoms with Crippen LogP contribution in [0.2, 0.25) is 0 Å². The van der Waals surface area contributed by atoms with Crippen molar-refractivity contribution in [1.29, 1.82) is 0 Å². The second-order valence-corrected chi connectivity index (χ2v) is 5.53. The van der Waals surface area contributed by atoms with E-state index in [2.05, 4.69) is 25.9 Å². The number of para-hydroxylation sites is 1. The van der Waals surface area contributed by atoms with Crippen LogP contribution < -0.4 is 10.1 Å². The van der Waals surface area contributed by atoms with Gasteiger partial charge in [-0.05, 0) is 23.3 Å². The summed E-state index contributed by atoms with van der Waals surface area (Å²) in [5.41, 5.74) is 1.03. The highest BCUT2D eigenvalue weighted by atomic mass is 16.5. The van der Waals surface area contributed by atoms with Gasteiger partial charge in [-0.1, -0.05) is 23.3 Å². The quantitative estimate of drug-likeness (QED) is 0.784. The third kappa shape index (κ3) is 3.50. The van der Waals surface area contributed by atoms with Crippen molar-refractivity contribution >= 4 is 17.8 Å². The van der Waals surface area contributed by atoms with Crippen LogP contribution in [0.5, 0.6) is 5.75 Å². The number of aromatic amines is 1. The number of methoxy groups -OCH3 is 1.